The normalized spacial score (nSPS) is 12.0. The van der Waals surface area contributed by atoms with Crippen molar-refractivity contribution in [1.29, 1.82) is 0 Å². The number of carbonyl (C=O) groups is 1. The van der Waals surface area contributed by atoms with Gasteiger partial charge in [0.1, 0.15) is 11.8 Å². The molecule has 0 spiro atoms. The Labute approximate surface area is 140 Å². The van der Waals surface area contributed by atoms with Crippen molar-refractivity contribution in [1.82, 2.24) is 5.43 Å². The van der Waals surface area contributed by atoms with Crippen molar-refractivity contribution in [3.8, 4) is 5.75 Å². The third kappa shape index (κ3) is 5.30. The van der Waals surface area contributed by atoms with E-state index < -0.39 is 6.04 Å². The van der Waals surface area contributed by atoms with E-state index in [9.17, 15) is 4.79 Å². The van der Waals surface area contributed by atoms with E-state index in [4.69, 9.17) is 16.3 Å². The molecule has 5 nitrogen and oxygen atoms in total. The number of nitrogens with one attached hydrogen (secondary N) is 2. The molecule has 0 saturated heterocycles. The fourth-order valence-corrected chi connectivity index (χ4v) is 1.94. The number of rotatable bonds is 6. The first-order chi connectivity index (χ1) is 11.1. The van der Waals surface area contributed by atoms with Gasteiger partial charge in [0.25, 0.3) is 5.91 Å². The van der Waals surface area contributed by atoms with Crippen molar-refractivity contribution in [2.75, 3.05) is 12.4 Å². The average molecular weight is 332 g/mol. The van der Waals surface area contributed by atoms with E-state index in [1.807, 2.05) is 36.4 Å². The number of hydrazone groups is 1. The predicted molar refractivity (Wildman–Crippen MR) is 93.3 cm³/mol. The summed E-state index contributed by atoms with van der Waals surface area (Å²) in [7, 11) is 1.61. The van der Waals surface area contributed by atoms with Gasteiger partial charge in [-0.2, -0.15) is 5.10 Å². The molecule has 0 aliphatic rings. The van der Waals surface area contributed by atoms with Crippen molar-refractivity contribution in [3.63, 3.8) is 0 Å². The first kappa shape index (κ1) is 16.8. The molecule has 0 heterocycles. The summed E-state index contributed by atoms with van der Waals surface area (Å²) in [5.41, 5.74) is 4.18. The number of nitrogens with zero attached hydrogens (tertiary/aromatic N) is 1. The maximum Gasteiger partial charge on any atom is 0.262 e. The molecular weight excluding hydrogens is 314 g/mol. The minimum Gasteiger partial charge on any atom is -0.497 e. The number of ether oxygens (including phenoxy) is 1. The number of carbonyl (C=O) groups excluding carboxylic acids is 1. The summed E-state index contributed by atoms with van der Waals surface area (Å²) in [5, 5.41) is 7.67. The van der Waals surface area contributed by atoms with Crippen molar-refractivity contribution in [3.05, 3.63) is 59.1 Å². The summed E-state index contributed by atoms with van der Waals surface area (Å²) in [6, 6.07) is 14.1. The number of anilines is 1. The van der Waals surface area contributed by atoms with Crippen LogP contribution in [0.25, 0.3) is 0 Å². The van der Waals surface area contributed by atoms with Crippen molar-refractivity contribution >= 4 is 29.4 Å². The lowest BCUT2D eigenvalue weighted by Crippen LogP contribution is -2.34. The lowest BCUT2D eigenvalue weighted by Gasteiger charge is -2.13. The van der Waals surface area contributed by atoms with E-state index in [-0.39, 0.29) is 5.91 Å². The minimum absolute atomic E-state index is 0.232. The second-order valence-electron chi connectivity index (χ2n) is 4.88. The highest BCUT2D eigenvalue weighted by Crippen LogP contribution is 2.14. The Bertz CT molecular complexity index is 669. The topological polar surface area (TPSA) is 62.7 Å². The third-order valence-corrected chi connectivity index (χ3v) is 3.38. The van der Waals surface area contributed by atoms with Gasteiger partial charge in [0.15, 0.2) is 0 Å². The molecule has 0 aliphatic heterocycles. The molecule has 120 valence electrons. The van der Waals surface area contributed by atoms with Gasteiger partial charge in [0.05, 0.1) is 13.3 Å². The highest BCUT2D eigenvalue weighted by molar-refractivity contribution is 6.30. The molecule has 2 aromatic rings. The average Bonchev–Trinajstić information content (AvgIpc) is 2.57. The van der Waals surface area contributed by atoms with Gasteiger partial charge < -0.3 is 10.1 Å². The Balaban J connectivity index is 1.85. The minimum atomic E-state index is -0.427. The van der Waals surface area contributed by atoms with Gasteiger partial charge in [0.2, 0.25) is 0 Å². The van der Waals surface area contributed by atoms with E-state index in [0.29, 0.717) is 5.02 Å². The Kier molecular flexibility index (Phi) is 6.00. The zero-order chi connectivity index (χ0) is 16.7. The zero-order valence-electron chi connectivity index (χ0n) is 12.9. The van der Waals surface area contributed by atoms with Gasteiger partial charge in [-0.1, -0.05) is 11.6 Å². The standard InChI is InChI=1S/C17H18ClN3O2/c1-12(20-15-7-5-14(18)6-8-15)17(22)21-19-11-13-3-9-16(23-2)10-4-13/h3-12,20H,1-2H3,(H,21,22)/b19-11-/t12-/m1/s1. The fourth-order valence-electron chi connectivity index (χ4n) is 1.82. The van der Waals surface area contributed by atoms with Gasteiger partial charge >= 0.3 is 0 Å². The Morgan fingerprint density at radius 2 is 1.83 bits per heavy atom. The number of methoxy groups -OCH3 is 1. The van der Waals surface area contributed by atoms with Crippen molar-refractivity contribution < 1.29 is 9.53 Å². The second-order valence-corrected chi connectivity index (χ2v) is 5.32. The van der Waals surface area contributed by atoms with Crippen LogP contribution in [0.5, 0.6) is 5.75 Å². The van der Waals surface area contributed by atoms with Crippen molar-refractivity contribution in [2.45, 2.75) is 13.0 Å². The molecule has 0 bridgehead atoms. The maximum absolute atomic E-state index is 12.0. The maximum atomic E-state index is 12.0. The molecule has 0 unspecified atom stereocenters. The van der Waals surface area contributed by atoms with Crippen LogP contribution in [0.15, 0.2) is 53.6 Å². The number of hydrogen-bond acceptors (Lipinski definition) is 4. The van der Waals surface area contributed by atoms with E-state index >= 15 is 0 Å². The molecule has 1 amide bonds. The van der Waals surface area contributed by atoms with E-state index in [1.165, 1.54) is 0 Å². The monoisotopic (exact) mass is 331 g/mol. The molecule has 0 aliphatic carbocycles. The second kappa shape index (κ2) is 8.19. The molecule has 2 aromatic carbocycles. The molecule has 6 heteroatoms. The van der Waals surface area contributed by atoms with E-state index in [1.54, 1.807) is 32.4 Å². The highest BCUT2D eigenvalue weighted by Gasteiger charge is 2.11. The van der Waals surface area contributed by atoms with Crippen LogP contribution in [0.4, 0.5) is 5.69 Å². The van der Waals surface area contributed by atoms with Crippen LogP contribution in [-0.4, -0.2) is 25.3 Å². The largest absolute Gasteiger partial charge is 0.497 e. The third-order valence-electron chi connectivity index (χ3n) is 3.12. The summed E-state index contributed by atoms with van der Waals surface area (Å²) in [6.45, 7) is 1.76. The summed E-state index contributed by atoms with van der Waals surface area (Å²) >= 11 is 5.82. The molecular formula is C17H18ClN3O2. The number of amides is 1. The van der Waals surface area contributed by atoms with Gasteiger partial charge in [-0.15, -0.1) is 0 Å². The smallest absolute Gasteiger partial charge is 0.262 e. The van der Waals surface area contributed by atoms with Gasteiger partial charge in [-0.05, 0) is 61.0 Å². The lowest BCUT2D eigenvalue weighted by molar-refractivity contribution is -0.121. The number of benzene rings is 2. The zero-order valence-corrected chi connectivity index (χ0v) is 13.7. The van der Waals surface area contributed by atoms with Gasteiger partial charge in [-0.25, -0.2) is 5.43 Å². The molecule has 0 fully saturated rings. The van der Waals surface area contributed by atoms with Crippen LogP contribution in [0.1, 0.15) is 12.5 Å². The summed E-state index contributed by atoms with van der Waals surface area (Å²) in [6.07, 6.45) is 1.58. The van der Waals surface area contributed by atoms with Crippen LogP contribution in [0.2, 0.25) is 5.02 Å². The lowest BCUT2D eigenvalue weighted by atomic mass is 10.2. The van der Waals surface area contributed by atoms with Crippen molar-refractivity contribution in [2.24, 2.45) is 5.10 Å². The van der Waals surface area contributed by atoms with Crippen LogP contribution in [0, 0.1) is 0 Å². The van der Waals surface area contributed by atoms with E-state index in [2.05, 4.69) is 15.8 Å². The number of halogens is 1. The van der Waals surface area contributed by atoms with Crippen LogP contribution in [0.3, 0.4) is 0 Å². The SMILES string of the molecule is COc1ccc(/C=N\NC(=O)[C@@H](C)Nc2ccc(Cl)cc2)cc1. The first-order valence-corrected chi connectivity index (χ1v) is 7.45. The van der Waals surface area contributed by atoms with Crippen LogP contribution < -0.4 is 15.5 Å². The van der Waals surface area contributed by atoms with E-state index in [0.717, 1.165) is 17.0 Å². The Hall–Kier alpha value is -2.53. The molecule has 0 saturated carbocycles. The fraction of sp³-hybridized carbons (Fsp3) is 0.176. The van der Waals surface area contributed by atoms with Crippen LogP contribution in [-0.2, 0) is 4.79 Å². The summed E-state index contributed by atoms with van der Waals surface area (Å²) < 4.78 is 5.08. The van der Waals surface area contributed by atoms with Crippen LogP contribution >= 0.6 is 11.6 Å². The molecule has 2 rings (SSSR count). The first-order valence-electron chi connectivity index (χ1n) is 7.07. The predicted octanol–water partition coefficient (Wildman–Crippen LogP) is 3.30. The Morgan fingerprint density at radius 3 is 2.43 bits per heavy atom. The van der Waals surface area contributed by atoms with Gasteiger partial charge in [-0.3, -0.25) is 4.79 Å². The summed E-state index contributed by atoms with van der Waals surface area (Å²) in [4.78, 5) is 12.0. The molecule has 0 radical (unpaired) electrons. The molecule has 1 atom stereocenters. The molecule has 0 aromatic heterocycles. The van der Waals surface area contributed by atoms with Gasteiger partial charge in [0, 0.05) is 10.7 Å². The number of hydrogen-bond donors (Lipinski definition) is 2. The highest BCUT2D eigenvalue weighted by atomic mass is 35.5. The molecule has 2 N–H and O–H groups in total. The molecule has 23 heavy (non-hydrogen) atoms. The summed E-state index contributed by atoms with van der Waals surface area (Å²) in [5.74, 6) is 0.539. The quantitative estimate of drug-likeness (QED) is 0.630. The Morgan fingerprint density at radius 1 is 1.17 bits per heavy atom.